The molecular weight excluding hydrogens is 392 g/mol. The van der Waals surface area contributed by atoms with Gasteiger partial charge < -0.3 is 20.4 Å². The van der Waals surface area contributed by atoms with E-state index in [0.717, 1.165) is 36.1 Å². The van der Waals surface area contributed by atoms with Gasteiger partial charge in [0.05, 0.1) is 0 Å². The van der Waals surface area contributed by atoms with Gasteiger partial charge in [0.25, 0.3) is 5.71 Å². The minimum atomic E-state index is -0.146. The maximum atomic E-state index is 11.8. The fourth-order valence-electron chi connectivity index (χ4n) is 3.25. The van der Waals surface area contributed by atoms with Gasteiger partial charge in [-0.25, -0.2) is 14.8 Å². The minimum Gasteiger partial charge on any atom is -0.417 e. The van der Waals surface area contributed by atoms with Crippen molar-refractivity contribution < 1.29 is 9.21 Å². The molecule has 1 aliphatic carbocycles. The Balaban J connectivity index is 1.20. The molecule has 0 aliphatic heterocycles. The van der Waals surface area contributed by atoms with Crippen molar-refractivity contribution in [3.05, 3.63) is 66.5 Å². The normalized spacial score (nSPS) is 13.2. The van der Waals surface area contributed by atoms with Crippen LogP contribution in [0.4, 0.5) is 16.3 Å². The average molecular weight is 414 g/mol. The van der Waals surface area contributed by atoms with E-state index in [1.54, 1.807) is 0 Å². The van der Waals surface area contributed by atoms with Gasteiger partial charge in [-0.1, -0.05) is 30.3 Å². The van der Waals surface area contributed by atoms with Gasteiger partial charge in [0.1, 0.15) is 6.33 Å². The van der Waals surface area contributed by atoms with E-state index in [0.29, 0.717) is 35.5 Å². The van der Waals surface area contributed by atoms with Crippen molar-refractivity contribution in [1.82, 2.24) is 20.3 Å². The number of rotatable bonds is 7. The van der Waals surface area contributed by atoms with E-state index in [1.807, 2.05) is 54.6 Å². The maximum Gasteiger partial charge on any atom is 0.319 e. The van der Waals surface area contributed by atoms with Gasteiger partial charge in [-0.3, -0.25) is 0 Å². The van der Waals surface area contributed by atoms with Crippen molar-refractivity contribution in [1.29, 1.82) is 0 Å². The van der Waals surface area contributed by atoms with Crippen LogP contribution in [0.5, 0.6) is 0 Å². The monoisotopic (exact) mass is 414 g/mol. The van der Waals surface area contributed by atoms with Gasteiger partial charge in [0.2, 0.25) is 5.89 Å². The summed E-state index contributed by atoms with van der Waals surface area (Å²) in [5.74, 6) is 1.17. The van der Waals surface area contributed by atoms with Crippen LogP contribution in [-0.2, 0) is 6.42 Å². The first kappa shape index (κ1) is 19.0. The predicted octanol–water partition coefficient (Wildman–Crippen LogP) is 4.22. The zero-order chi connectivity index (χ0) is 21.0. The first-order chi connectivity index (χ1) is 15.2. The third-order valence-corrected chi connectivity index (χ3v) is 5.05. The molecule has 0 radical (unpaired) electrons. The first-order valence-electron chi connectivity index (χ1n) is 10.3. The summed E-state index contributed by atoms with van der Waals surface area (Å²) >= 11 is 0. The maximum absolute atomic E-state index is 11.8. The Bertz CT molecular complexity index is 1190. The number of oxazole rings is 1. The fourth-order valence-corrected chi connectivity index (χ4v) is 3.25. The summed E-state index contributed by atoms with van der Waals surface area (Å²) in [4.78, 5) is 24.9. The molecule has 156 valence electrons. The van der Waals surface area contributed by atoms with Crippen LogP contribution in [0.15, 0.2) is 65.3 Å². The van der Waals surface area contributed by atoms with Crippen molar-refractivity contribution in [2.75, 3.05) is 17.2 Å². The number of urea groups is 1. The molecule has 31 heavy (non-hydrogen) atoms. The van der Waals surface area contributed by atoms with E-state index in [-0.39, 0.29) is 6.03 Å². The van der Waals surface area contributed by atoms with E-state index in [2.05, 4.69) is 30.9 Å². The van der Waals surface area contributed by atoms with Crippen LogP contribution in [-0.4, -0.2) is 33.6 Å². The Morgan fingerprint density at radius 1 is 1.03 bits per heavy atom. The Morgan fingerprint density at radius 3 is 2.61 bits per heavy atom. The summed E-state index contributed by atoms with van der Waals surface area (Å²) in [6.45, 7) is 0.675. The Labute approximate surface area is 179 Å². The quantitative estimate of drug-likeness (QED) is 0.418. The van der Waals surface area contributed by atoms with E-state index >= 15 is 0 Å². The molecule has 1 aliphatic rings. The molecule has 2 aromatic carbocycles. The number of anilines is 2. The SMILES string of the molecule is O=C(Nc1ccc(CCNc2ncnc3oc(-c4ccccc4)nc23)cc1)NC1CC1. The lowest BCUT2D eigenvalue weighted by Gasteiger charge is -2.08. The lowest BCUT2D eigenvalue weighted by molar-refractivity contribution is 0.251. The van der Waals surface area contributed by atoms with Gasteiger partial charge in [-0.15, -0.1) is 0 Å². The molecule has 3 N–H and O–H groups in total. The zero-order valence-electron chi connectivity index (χ0n) is 16.8. The molecule has 0 spiro atoms. The molecule has 8 nitrogen and oxygen atoms in total. The lowest BCUT2D eigenvalue weighted by atomic mass is 10.1. The lowest BCUT2D eigenvalue weighted by Crippen LogP contribution is -2.30. The second kappa shape index (κ2) is 8.43. The molecule has 2 amide bonds. The van der Waals surface area contributed by atoms with Crippen molar-refractivity contribution in [2.24, 2.45) is 0 Å². The number of benzene rings is 2. The van der Waals surface area contributed by atoms with Crippen molar-refractivity contribution >= 4 is 28.8 Å². The Hall–Kier alpha value is -3.94. The number of nitrogens with one attached hydrogen (secondary N) is 3. The van der Waals surface area contributed by atoms with Crippen molar-refractivity contribution in [2.45, 2.75) is 25.3 Å². The summed E-state index contributed by atoms with van der Waals surface area (Å²) in [6, 6.07) is 17.7. The Morgan fingerprint density at radius 2 is 1.84 bits per heavy atom. The van der Waals surface area contributed by atoms with E-state index in [1.165, 1.54) is 6.33 Å². The van der Waals surface area contributed by atoms with Crippen LogP contribution in [0.1, 0.15) is 18.4 Å². The first-order valence-corrected chi connectivity index (χ1v) is 10.3. The van der Waals surface area contributed by atoms with Crippen molar-refractivity contribution in [3.8, 4) is 11.5 Å². The van der Waals surface area contributed by atoms with Crippen LogP contribution in [0.2, 0.25) is 0 Å². The number of hydrogen-bond acceptors (Lipinski definition) is 6. The highest BCUT2D eigenvalue weighted by Gasteiger charge is 2.23. The summed E-state index contributed by atoms with van der Waals surface area (Å²) in [5.41, 5.74) is 3.89. The number of nitrogens with zero attached hydrogens (tertiary/aromatic N) is 3. The third-order valence-electron chi connectivity index (χ3n) is 5.05. The summed E-state index contributed by atoms with van der Waals surface area (Å²) < 4.78 is 5.79. The molecular formula is C23H22N6O2. The average Bonchev–Trinajstić information content (AvgIpc) is 3.49. The van der Waals surface area contributed by atoms with Gasteiger partial charge in [-0.2, -0.15) is 4.98 Å². The highest BCUT2D eigenvalue weighted by molar-refractivity contribution is 5.89. The van der Waals surface area contributed by atoms with Gasteiger partial charge in [0, 0.05) is 23.8 Å². The predicted molar refractivity (Wildman–Crippen MR) is 119 cm³/mol. The summed E-state index contributed by atoms with van der Waals surface area (Å²) in [7, 11) is 0. The second-order valence-electron chi connectivity index (χ2n) is 7.51. The van der Waals surface area contributed by atoms with Gasteiger partial charge in [-0.05, 0) is 49.1 Å². The number of amides is 2. The standard InChI is InChI=1S/C23H22N6O2/c30-23(28-18-10-11-18)27-17-8-6-15(7-9-17)12-13-24-20-19-22(26-14-25-20)31-21(29-19)16-4-2-1-3-5-16/h1-9,14,18H,10-13H2,(H,24,25,26)(H2,27,28,30). The van der Waals surface area contributed by atoms with Crippen LogP contribution in [0, 0.1) is 0 Å². The molecule has 8 heteroatoms. The molecule has 0 saturated heterocycles. The molecule has 4 aromatic rings. The van der Waals surface area contributed by atoms with Crippen LogP contribution < -0.4 is 16.0 Å². The summed E-state index contributed by atoms with van der Waals surface area (Å²) in [5, 5.41) is 9.09. The number of aromatic nitrogens is 3. The second-order valence-corrected chi connectivity index (χ2v) is 7.51. The molecule has 0 atom stereocenters. The molecule has 2 heterocycles. The molecule has 1 saturated carbocycles. The van der Waals surface area contributed by atoms with Crippen LogP contribution in [0.25, 0.3) is 22.7 Å². The highest BCUT2D eigenvalue weighted by Crippen LogP contribution is 2.26. The summed E-state index contributed by atoms with van der Waals surface area (Å²) in [6.07, 6.45) is 4.40. The number of hydrogen-bond donors (Lipinski definition) is 3. The molecule has 0 bridgehead atoms. The Kier molecular flexibility index (Phi) is 5.18. The van der Waals surface area contributed by atoms with Gasteiger partial charge >= 0.3 is 6.03 Å². The molecule has 0 unspecified atom stereocenters. The largest absolute Gasteiger partial charge is 0.417 e. The zero-order valence-corrected chi connectivity index (χ0v) is 16.8. The topological polar surface area (TPSA) is 105 Å². The number of carbonyl (C=O) groups is 1. The van der Waals surface area contributed by atoms with E-state index < -0.39 is 0 Å². The molecule has 2 aromatic heterocycles. The van der Waals surface area contributed by atoms with Crippen LogP contribution >= 0.6 is 0 Å². The van der Waals surface area contributed by atoms with Gasteiger partial charge in [0.15, 0.2) is 11.3 Å². The third kappa shape index (κ3) is 4.63. The molecule has 1 fully saturated rings. The van der Waals surface area contributed by atoms with Crippen molar-refractivity contribution in [3.63, 3.8) is 0 Å². The number of fused-ring (bicyclic) bond motifs is 1. The highest BCUT2D eigenvalue weighted by atomic mass is 16.4. The van der Waals surface area contributed by atoms with E-state index in [9.17, 15) is 4.79 Å². The minimum absolute atomic E-state index is 0.146. The van der Waals surface area contributed by atoms with Crippen LogP contribution in [0.3, 0.4) is 0 Å². The fraction of sp³-hybridized carbons (Fsp3) is 0.217. The van der Waals surface area contributed by atoms with E-state index in [4.69, 9.17) is 4.42 Å². The number of carbonyl (C=O) groups excluding carboxylic acids is 1. The smallest absolute Gasteiger partial charge is 0.319 e. The molecule has 5 rings (SSSR count).